The van der Waals surface area contributed by atoms with Gasteiger partial charge in [0, 0.05) is 16.6 Å². The summed E-state index contributed by atoms with van der Waals surface area (Å²) in [6.45, 7) is 4.53. The summed E-state index contributed by atoms with van der Waals surface area (Å²) < 4.78 is 14.6. The first kappa shape index (κ1) is 16.3. The van der Waals surface area contributed by atoms with Gasteiger partial charge in [-0.3, -0.25) is 0 Å². The highest BCUT2D eigenvalue weighted by Crippen LogP contribution is 2.30. The molecule has 114 valence electrons. The summed E-state index contributed by atoms with van der Waals surface area (Å²) >= 11 is 4.58. The molecule has 0 aliphatic carbocycles. The minimum absolute atomic E-state index is 0.333. The molecule has 0 fully saturated rings. The lowest BCUT2D eigenvalue weighted by Crippen LogP contribution is -2.21. The molecule has 2 N–H and O–H groups in total. The van der Waals surface area contributed by atoms with Crippen molar-refractivity contribution in [1.29, 1.82) is 0 Å². The van der Waals surface area contributed by atoms with Crippen molar-refractivity contribution in [1.82, 2.24) is 10.2 Å². The van der Waals surface area contributed by atoms with Crippen molar-refractivity contribution in [2.24, 2.45) is 5.92 Å². The van der Waals surface area contributed by atoms with Crippen molar-refractivity contribution in [2.45, 2.75) is 26.4 Å². The van der Waals surface area contributed by atoms with Crippen molar-refractivity contribution in [3.63, 3.8) is 0 Å². The Kier molecular flexibility index (Phi) is 5.66. The maximum atomic E-state index is 13.8. The van der Waals surface area contributed by atoms with Crippen molar-refractivity contribution < 1.29 is 9.50 Å². The van der Waals surface area contributed by atoms with E-state index in [1.54, 1.807) is 12.1 Å². The van der Waals surface area contributed by atoms with Crippen LogP contribution in [0.4, 0.5) is 9.52 Å². The highest BCUT2D eigenvalue weighted by atomic mass is 79.9. The SMILES string of the molecule is CC(C)CC(O)CNc1nnc(-c2cc(Br)ccc2F)s1. The fraction of sp³-hybridized carbons (Fsp3) is 0.429. The molecule has 1 aromatic heterocycles. The standard InChI is InChI=1S/C14H17BrFN3OS/c1-8(2)5-10(20)7-17-14-19-18-13(21-14)11-6-9(15)3-4-12(11)16/h3-4,6,8,10,20H,5,7H2,1-2H3,(H,17,19). The zero-order valence-electron chi connectivity index (χ0n) is 11.8. The molecule has 1 aromatic carbocycles. The molecule has 1 atom stereocenters. The maximum Gasteiger partial charge on any atom is 0.206 e. The lowest BCUT2D eigenvalue weighted by molar-refractivity contribution is 0.161. The minimum atomic E-state index is -0.431. The molecule has 2 aromatic rings. The molecule has 1 unspecified atom stereocenters. The number of nitrogens with one attached hydrogen (secondary N) is 1. The first-order valence-corrected chi connectivity index (χ1v) is 8.27. The second-order valence-corrected chi connectivity index (χ2v) is 7.09. The first-order valence-electron chi connectivity index (χ1n) is 6.66. The second kappa shape index (κ2) is 7.29. The van der Waals surface area contributed by atoms with Gasteiger partial charge in [-0.15, -0.1) is 10.2 Å². The zero-order valence-corrected chi connectivity index (χ0v) is 14.2. The fourth-order valence-electron chi connectivity index (χ4n) is 1.90. The van der Waals surface area contributed by atoms with Crippen LogP contribution in [0.5, 0.6) is 0 Å². The Bertz CT molecular complexity index is 606. The number of hydrogen-bond acceptors (Lipinski definition) is 5. The predicted molar refractivity (Wildman–Crippen MR) is 87.0 cm³/mol. The van der Waals surface area contributed by atoms with Crippen LogP contribution in [0.1, 0.15) is 20.3 Å². The summed E-state index contributed by atoms with van der Waals surface area (Å²) in [5.41, 5.74) is 0.414. The third kappa shape index (κ3) is 4.72. The third-order valence-corrected chi connectivity index (χ3v) is 4.22. The van der Waals surface area contributed by atoms with Crippen molar-refractivity contribution in [2.75, 3.05) is 11.9 Å². The van der Waals surface area contributed by atoms with Crippen molar-refractivity contribution in [3.8, 4) is 10.6 Å². The fourth-order valence-corrected chi connectivity index (χ4v) is 3.03. The number of benzene rings is 1. The van der Waals surface area contributed by atoms with Crippen molar-refractivity contribution >= 4 is 32.4 Å². The van der Waals surface area contributed by atoms with E-state index >= 15 is 0 Å². The first-order chi connectivity index (χ1) is 9.95. The van der Waals surface area contributed by atoms with Gasteiger partial charge in [-0.1, -0.05) is 41.1 Å². The van der Waals surface area contributed by atoms with E-state index in [0.717, 1.165) is 10.9 Å². The summed E-state index contributed by atoms with van der Waals surface area (Å²) in [6, 6.07) is 4.70. The minimum Gasteiger partial charge on any atom is -0.391 e. The summed E-state index contributed by atoms with van der Waals surface area (Å²) in [6.07, 6.45) is 0.291. The van der Waals surface area contributed by atoms with Crippen LogP contribution >= 0.6 is 27.3 Å². The van der Waals surface area contributed by atoms with Gasteiger partial charge in [0.05, 0.1) is 6.10 Å². The van der Waals surface area contributed by atoms with E-state index < -0.39 is 6.10 Å². The second-order valence-electron chi connectivity index (χ2n) is 5.20. The summed E-state index contributed by atoms with van der Waals surface area (Å²) in [5.74, 6) is 0.100. The largest absolute Gasteiger partial charge is 0.391 e. The molecule has 0 spiro atoms. The van der Waals surface area contributed by atoms with Gasteiger partial charge in [-0.05, 0) is 30.5 Å². The molecular formula is C14H17BrFN3OS. The Morgan fingerprint density at radius 1 is 1.38 bits per heavy atom. The van der Waals surface area contributed by atoms with E-state index in [2.05, 4.69) is 45.3 Å². The Morgan fingerprint density at radius 2 is 2.14 bits per heavy atom. The topological polar surface area (TPSA) is 58.0 Å². The Hall–Kier alpha value is -1.05. The van der Waals surface area contributed by atoms with Crippen LogP contribution in [-0.2, 0) is 0 Å². The van der Waals surface area contributed by atoms with Crippen LogP contribution in [0, 0.1) is 11.7 Å². The number of aliphatic hydroxyl groups is 1. The van der Waals surface area contributed by atoms with Gasteiger partial charge in [0.15, 0.2) is 5.01 Å². The molecule has 0 saturated carbocycles. The van der Waals surface area contributed by atoms with Crippen LogP contribution < -0.4 is 5.32 Å². The number of halogens is 2. The number of anilines is 1. The monoisotopic (exact) mass is 373 g/mol. The average molecular weight is 374 g/mol. The average Bonchev–Trinajstić information content (AvgIpc) is 2.87. The maximum absolute atomic E-state index is 13.8. The van der Waals surface area contributed by atoms with E-state index in [1.807, 2.05) is 0 Å². The Balaban J connectivity index is 2.03. The van der Waals surface area contributed by atoms with Crippen LogP contribution in [0.3, 0.4) is 0 Å². The molecule has 2 rings (SSSR count). The van der Waals surface area contributed by atoms with E-state index in [4.69, 9.17) is 0 Å². The van der Waals surface area contributed by atoms with Gasteiger partial charge in [-0.2, -0.15) is 0 Å². The molecule has 0 radical (unpaired) electrons. The molecule has 0 aliphatic heterocycles. The van der Waals surface area contributed by atoms with E-state index in [9.17, 15) is 9.50 Å². The van der Waals surface area contributed by atoms with E-state index in [-0.39, 0.29) is 5.82 Å². The lowest BCUT2D eigenvalue weighted by atomic mass is 10.1. The summed E-state index contributed by atoms with van der Waals surface area (Å²) in [7, 11) is 0. The van der Waals surface area contributed by atoms with E-state index in [0.29, 0.717) is 28.2 Å². The normalized spacial score (nSPS) is 12.7. The quantitative estimate of drug-likeness (QED) is 0.805. The predicted octanol–water partition coefficient (Wildman–Crippen LogP) is 3.93. The van der Waals surface area contributed by atoms with Gasteiger partial charge in [-0.25, -0.2) is 4.39 Å². The van der Waals surface area contributed by atoms with E-state index in [1.165, 1.54) is 17.4 Å². The van der Waals surface area contributed by atoms with Gasteiger partial charge >= 0.3 is 0 Å². The molecule has 0 aliphatic rings. The molecule has 0 bridgehead atoms. The molecule has 0 saturated heterocycles. The van der Waals surface area contributed by atoms with Gasteiger partial charge in [0.1, 0.15) is 5.82 Å². The van der Waals surface area contributed by atoms with Gasteiger partial charge in [0.25, 0.3) is 0 Å². The highest BCUT2D eigenvalue weighted by Gasteiger charge is 2.13. The summed E-state index contributed by atoms with van der Waals surface area (Å²) in [5, 5.41) is 21.9. The molecule has 21 heavy (non-hydrogen) atoms. The molecule has 1 heterocycles. The molecule has 4 nitrogen and oxygen atoms in total. The lowest BCUT2D eigenvalue weighted by Gasteiger charge is -2.12. The van der Waals surface area contributed by atoms with Crippen LogP contribution in [0.25, 0.3) is 10.6 Å². The molecular weight excluding hydrogens is 357 g/mol. The van der Waals surface area contributed by atoms with Gasteiger partial charge in [0.2, 0.25) is 5.13 Å². The third-order valence-electron chi connectivity index (χ3n) is 2.82. The van der Waals surface area contributed by atoms with Crippen molar-refractivity contribution in [3.05, 3.63) is 28.5 Å². The van der Waals surface area contributed by atoms with Crippen LogP contribution in [0.15, 0.2) is 22.7 Å². The molecule has 0 amide bonds. The molecule has 7 heteroatoms. The number of nitrogens with zero attached hydrogens (tertiary/aromatic N) is 2. The summed E-state index contributed by atoms with van der Waals surface area (Å²) in [4.78, 5) is 0. The van der Waals surface area contributed by atoms with Crippen LogP contribution in [0.2, 0.25) is 0 Å². The number of rotatable bonds is 6. The highest BCUT2D eigenvalue weighted by molar-refractivity contribution is 9.10. The number of aromatic nitrogens is 2. The van der Waals surface area contributed by atoms with Crippen LogP contribution in [-0.4, -0.2) is 28.0 Å². The Labute approximate surface area is 135 Å². The van der Waals surface area contributed by atoms with Gasteiger partial charge < -0.3 is 10.4 Å². The zero-order chi connectivity index (χ0) is 15.4. The smallest absolute Gasteiger partial charge is 0.206 e. The number of hydrogen-bond donors (Lipinski definition) is 2. The Morgan fingerprint density at radius 3 is 2.86 bits per heavy atom. The number of aliphatic hydroxyl groups excluding tert-OH is 1.